The van der Waals surface area contributed by atoms with Crippen molar-refractivity contribution >= 4 is 16.9 Å². The summed E-state index contributed by atoms with van der Waals surface area (Å²) in [6.07, 6.45) is 1.79. The molecule has 0 saturated heterocycles. The molecule has 35 heavy (non-hydrogen) atoms. The summed E-state index contributed by atoms with van der Waals surface area (Å²) >= 11 is 0. The van der Waals surface area contributed by atoms with Crippen LogP contribution in [0.1, 0.15) is 41.6 Å². The van der Waals surface area contributed by atoms with Crippen molar-refractivity contribution in [2.24, 2.45) is 22.6 Å². The lowest BCUT2D eigenvalue weighted by atomic mass is 9.83. The van der Waals surface area contributed by atoms with Gasteiger partial charge in [0.15, 0.2) is 11.4 Å². The van der Waals surface area contributed by atoms with E-state index < -0.39 is 35.6 Å². The third-order valence-corrected chi connectivity index (χ3v) is 6.78. The molecule has 2 fully saturated rings. The van der Waals surface area contributed by atoms with Crippen LogP contribution in [0.3, 0.4) is 0 Å². The Morgan fingerprint density at radius 1 is 1.11 bits per heavy atom. The molecule has 2 saturated carbocycles. The van der Waals surface area contributed by atoms with Crippen LogP contribution >= 0.6 is 0 Å². The minimum absolute atomic E-state index is 0.132. The van der Waals surface area contributed by atoms with Gasteiger partial charge in [-0.25, -0.2) is 22.6 Å². The van der Waals surface area contributed by atoms with Gasteiger partial charge in [0.25, 0.3) is 12.4 Å². The summed E-state index contributed by atoms with van der Waals surface area (Å²) in [4.78, 5) is 12.5. The van der Waals surface area contributed by atoms with Crippen LogP contribution in [0.4, 0.5) is 17.6 Å². The summed E-state index contributed by atoms with van der Waals surface area (Å²) < 4.78 is 63.5. The predicted molar refractivity (Wildman–Crippen MR) is 121 cm³/mol. The summed E-state index contributed by atoms with van der Waals surface area (Å²) in [7, 11) is 0. The number of benzene rings is 1. The van der Waals surface area contributed by atoms with Gasteiger partial charge in [0, 0.05) is 41.0 Å². The molecule has 2 aromatic heterocycles. The molecule has 1 aromatic carbocycles. The maximum atomic E-state index is 14.9. The van der Waals surface area contributed by atoms with Gasteiger partial charge >= 0.3 is 0 Å². The number of aromatic nitrogens is 2. The standard InChI is InChI=1S/C26H20F4N4O/c27-19-6-5-14(8-17(19)26(24(29)30)18-10-22(18)35-25(31)34-26)9-21-23-16(20(28)12-32-21)7-15(11-33-23)4-3-13-1-2-13/h5-8,11-13,18,22,24H,1-2,9-10H2,(H2,31,34)/t18-,22+,26+/m0/s1. The second kappa shape index (κ2) is 7.94. The van der Waals surface area contributed by atoms with Gasteiger partial charge in [0.2, 0.25) is 0 Å². The Morgan fingerprint density at radius 2 is 1.94 bits per heavy atom. The van der Waals surface area contributed by atoms with E-state index in [1.165, 1.54) is 12.1 Å². The van der Waals surface area contributed by atoms with Crippen molar-refractivity contribution in [3.8, 4) is 11.8 Å². The Labute approximate surface area is 198 Å². The van der Waals surface area contributed by atoms with Crippen LogP contribution in [0.2, 0.25) is 0 Å². The summed E-state index contributed by atoms with van der Waals surface area (Å²) in [6.45, 7) is 0. The third-order valence-electron chi connectivity index (χ3n) is 6.78. The Balaban J connectivity index is 1.39. The highest BCUT2D eigenvalue weighted by molar-refractivity contribution is 5.82. The zero-order chi connectivity index (χ0) is 24.3. The third kappa shape index (κ3) is 3.77. The number of hydrogen-bond donors (Lipinski definition) is 1. The Bertz CT molecular complexity index is 1440. The van der Waals surface area contributed by atoms with Crippen molar-refractivity contribution in [3.63, 3.8) is 0 Å². The number of hydrogen-bond acceptors (Lipinski definition) is 5. The number of alkyl halides is 2. The van der Waals surface area contributed by atoms with Gasteiger partial charge in [-0.3, -0.25) is 9.97 Å². The first-order valence-electron chi connectivity index (χ1n) is 11.4. The van der Waals surface area contributed by atoms with Crippen molar-refractivity contribution in [1.82, 2.24) is 9.97 Å². The van der Waals surface area contributed by atoms with E-state index in [0.29, 0.717) is 34.7 Å². The first-order valence-corrected chi connectivity index (χ1v) is 11.4. The van der Waals surface area contributed by atoms with Gasteiger partial charge in [-0.05, 0) is 43.0 Å². The van der Waals surface area contributed by atoms with Crippen molar-refractivity contribution in [2.75, 3.05) is 0 Å². The van der Waals surface area contributed by atoms with E-state index in [0.717, 1.165) is 25.1 Å². The maximum absolute atomic E-state index is 14.9. The quantitative estimate of drug-likeness (QED) is 0.442. The number of amidine groups is 1. The first-order chi connectivity index (χ1) is 16.8. The first kappa shape index (κ1) is 21.8. The molecule has 9 heteroatoms. The van der Waals surface area contributed by atoms with Crippen molar-refractivity contribution < 1.29 is 22.3 Å². The lowest BCUT2D eigenvalue weighted by Gasteiger charge is -2.33. The number of nitrogens with two attached hydrogens (primary N) is 1. The molecule has 0 unspecified atom stereocenters. The maximum Gasteiger partial charge on any atom is 0.283 e. The molecule has 3 atom stereocenters. The molecule has 2 aliphatic carbocycles. The molecule has 0 amide bonds. The van der Waals surface area contributed by atoms with E-state index in [4.69, 9.17) is 10.5 Å². The highest BCUT2D eigenvalue weighted by Crippen LogP contribution is 2.56. The highest BCUT2D eigenvalue weighted by atomic mass is 19.3. The number of nitrogens with zero attached hydrogens (tertiary/aromatic N) is 3. The fourth-order valence-corrected chi connectivity index (χ4v) is 4.74. The van der Waals surface area contributed by atoms with Crippen LogP contribution in [0, 0.1) is 35.3 Å². The summed E-state index contributed by atoms with van der Waals surface area (Å²) in [5.74, 6) is 4.55. The van der Waals surface area contributed by atoms with E-state index >= 15 is 0 Å². The smallest absolute Gasteiger partial charge is 0.283 e. The van der Waals surface area contributed by atoms with Gasteiger partial charge in [-0.2, -0.15) is 0 Å². The van der Waals surface area contributed by atoms with Crippen molar-refractivity contribution in [3.05, 3.63) is 70.7 Å². The molecule has 3 heterocycles. The fraction of sp³-hybridized carbons (Fsp3) is 0.346. The Kier molecular flexibility index (Phi) is 4.95. The number of fused-ring (bicyclic) bond motifs is 2. The zero-order valence-electron chi connectivity index (χ0n) is 18.4. The monoisotopic (exact) mass is 480 g/mol. The van der Waals surface area contributed by atoms with Gasteiger partial charge in [0.1, 0.15) is 11.9 Å². The average Bonchev–Trinajstić information content (AvgIpc) is 3.75. The number of halogens is 4. The van der Waals surface area contributed by atoms with E-state index in [9.17, 15) is 17.6 Å². The van der Waals surface area contributed by atoms with Crippen LogP contribution in [0.5, 0.6) is 0 Å². The molecule has 3 aliphatic rings. The van der Waals surface area contributed by atoms with Crippen LogP contribution in [0.15, 0.2) is 41.7 Å². The normalized spacial score (nSPS) is 24.9. The van der Waals surface area contributed by atoms with Crippen LogP contribution < -0.4 is 5.73 Å². The van der Waals surface area contributed by atoms with E-state index in [-0.39, 0.29) is 23.4 Å². The largest absolute Gasteiger partial charge is 0.462 e. The molecule has 6 rings (SSSR count). The van der Waals surface area contributed by atoms with Crippen LogP contribution in [0.25, 0.3) is 10.9 Å². The second-order valence-corrected chi connectivity index (χ2v) is 9.28. The molecule has 1 aliphatic heterocycles. The van der Waals surface area contributed by atoms with E-state index in [1.54, 1.807) is 12.3 Å². The number of pyridine rings is 2. The molecular weight excluding hydrogens is 460 g/mol. The van der Waals surface area contributed by atoms with E-state index in [1.807, 2.05) is 0 Å². The summed E-state index contributed by atoms with van der Waals surface area (Å²) in [5, 5.41) is 0.270. The van der Waals surface area contributed by atoms with Gasteiger partial charge < -0.3 is 10.5 Å². The van der Waals surface area contributed by atoms with Crippen molar-refractivity contribution in [1.29, 1.82) is 0 Å². The molecule has 3 aromatic rings. The predicted octanol–water partition coefficient (Wildman–Crippen LogP) is 4.45. The summed E-state index contributed by atoms with van der Waals surface area (Å²) in [5.41, 5.74) is 5.20. The molecular formula is C26H20F4N4O. The van der Waals surface area contributed by atoms with Gasteiger partial charge in [-0.1, -0.05) is 17.9 Å². The van der Waals surface area contributed by atoms with Crippen LogP contribution in [-0.4, -0.2) is 28.5 Å². The van der Waals surface area contributed by atoms with Gasteiger partial charge in [0.05, 0.1) is 17.4 Å². The number of rotatable bonds is 4. The number of aliphatic imine (C=N–C) groups is 1. The molecule has 5 nitrogen and oxygen atoms in total. The minimum Gasteiger partial charge on any atom is -0.462 e. The van der Waals surface area contributed by atoms with Crippen LogP contribution in [-0.2, 0) is 16.7 Å². The molecule has 0 bridgehead atoms. The topological polar surface area (TPSA) is 73.4 Å². The van der Waals surface area contributed by atoms with Crippen molar-refractivity contribution in [2.45, 2.75) is 43.8 Å². The SMILES string of the molecule is NC1=N[C@@](c2cc(Cc3ncc(F)c4cc(C#CC5CC5)cnc34)ccc2F)(C(F)F)[C@H]2C[C@H]2O1. The molecule has 0 spiro atoms. The molecule has 2 N–H and O–H groups in total. The zero-order valence-corrected chi connectivity index (χ0v) is 18.4. The average molecular weight is 480 g/mol. The Morgan fingerprint density at radius 3 is 2.71 bits per heavy atom. The van der Waals surface area contributed by atoms with E-state index in [2.05, 4.69) is 26.8 Å². The fourth-order valence-electron chi connectivity index (χ4n) is 4.74. The van der Waals surface area contributed by atoms with Gasteiger partial charge in [-0.15, -0.1) is 0 Å². The second-order valence-electron chi connectivity index (χ2n) is 9.28. The highest BCUT2D eigenvalue weighted by Gasteiger charge is 2.64. The summed E-state index contributed by atoms with van der Waals surface area (Å²) in [6, 6.07) is 5.25. The molecule has 0 radical (unpaired) electrons. The molecule has 178 valence electrons. The minimum atomic E-state index is -2.98. The lowest BCUT2D eigenvalue weighted by molar-refractivity contribution is 0.0176. The Hall–Kier alpha value is -3.67. The lowest BCUT2D eigenvalue weighted by Crippen LogP contribution is -2.43. The number of ether oxygens (including phenoxy) is 1.